The molecule has 1 N–H and O–H groups in total. The summed E-state index contributed by atoms with van der Waals surface area (Å²) in [5.41, 5.74) is 2.70. The van der Waals surface area contributed by atoms with Crippen LogP contribution in [0.15, 0.2) is 72.9 Å². The summed E-state index contributed by atoms with van der Waals surface area (Å²) in [6.07, 6.45) is 2.84. The first-order valence-corrected chi connectivity index (χ1v) is 9.99. The number of anilines is 2. The van der Waals surface area contributed by atoms with Gasteiger partial charge in [0.05, 0.1) is 0 Å². The maximum Gasteiger partial charge on any atom is 0.227 e. The van der Waals surface area contributed by atoms with Gasteiger partial charge in [-0.15, -0.1) is 0 Å². The molecule has 1 aliphatic heterocycles. The second-order valence-corrected chi connectivity index (χ2v) is 7.15. The van der Waals surface area contributed by atoms with Crippen LogP contribution in [0, 0.1) is 0 Å². The summed E-state index contributed by atoms with van der Waals surface area (Å²) in [6.45, 7) is 5.86. The predicted octanol–water partition coefficient (Wildman–Crippen LogP) is 3.45. The highest BCUT2D eigenvalue weighted by Gasteiger charge is 2.19. The Morgan fingerprint density at radius 1 is 0.786 bits per heavy atom. The Labute approximate surface area is 167 Å². The summed E-state index contributed by atoms with van der Waals surface area (Å²) in [5, 5.41) is 3.43. The van der Waals surface area contributed by atoms with Crippen molar-refractivity contribution in [1.82, 2.24) is 14.9 Å². The molecule has 4 rings (SSSR count). The van der Waals surface area contributed by atoms with Crippen LogP contribution < -0.4 is 10.2 Å². The minimum Gasteiger partial charge on any atom is -0.370 e. The number of piperazine rings is 1. The van der Waals surface area contributed by atoms with Crippen LogP contribution >= 0.6 is 0 Å². The van der Waals surface area contributed by atoms with E-state index in [1.54, 1.807) is 0 Å². The van der Waals surface area contributed by atoms with Gasteiger partial charge < -0.3 is 10.2 Å². The number of benzene rings is 2. The molecule has 0 unspecified atom stereocenters. The van der Waals surface area contributed by atoms with Gasteiger partial charge in [-0.2, -0.15) is 4.98 Å². The SMILES string of the molecule is c1ccc(CCNc2ccnc(N3CCN(Cc4ccccc4)CC3)n2)cc1. The molecular formula is C23H27N5. The zero-order valence-corrected chi connectivity index (χ0v) is 16.2. The van der Waals surface area contributed by atoms with E-state index in [0.29, 0.717) is 0 Å². The molecule has 3 aromatic rings. The number of hydrogen-bond acceptors (Lipinski definition) is 5. The van der Waals surface area contributed by atoms with E-state index in [2.05, 4.69) is 74.7 Å². The van der Waals surface area contributed by atoms with Gasteiger partial charge in [0.25, 0.3) is 0 Å². The largest absolute Gasteiger partial charge is 0.370 e. The van der Waals surface area contributed by atoms with E-state index in [9.17, 15) is 0 Å². The standard InChI is InChI=1S/C23H27N5/c1-3-7-20(8-4-1)11-13-24-22-12-14-25-23(26-22)28-17-15-27(16-18-28)19-21-9-5-2-6-10-21/h1-10,12,14H,11,13,15-19H2,(H,24,25,26). The summed E-state index contributed by atoms with van der Waals surface area (Å²) < 4.78 is 0. The third-order valence-corrected chi connectivity index (χ3v) is 5.11. The number of nitrogens with one attached hydrogen (secondary N) is 1. The number of aromatic nitrogens is 2. The molecule has 2 aromatic carbocycles. The lowest BCUT2D eigenvalue weighted by atomic mass is 10.1. The molecule has 28 heavy (non-hydrogen) atoms. The molecule has 5 heteroatoms. The van der Waals surface area contributed by atoms with Gasteiger partial charge in [-0.1, -0.05) is 60.7 Å². The lowest BCUT2D eigenvalue weighted by Crippen LogP contribution is -2.46. The Morgan fingerprint density at radius 3 is 2.18 bits per heavy atom. The first-order valence-electron chi connectivity index (χ1n) is 9.99. The third kappa shape index (κ3) is 5.08. The summed E-state index contributed by atoms with van der Waals surface area (Å²) in [6, 6.07) is 23.1. The van der Waals surface area contributed by atoms with E-state index < -0.39 is 0 Å². The molecule has 5 nitrogen and oxygen atoms in total. The van der Waals surface area contributed by atoms with Gasteiger partial charge in [-0.05, 0) is 23.6 Å². The Balaban J connectivity index is 1.27. The van der Waals surface area contributed by atoms with Crippen LogP contribution in [0.5, 0.6) is 0 Å². The van der Waals surface area contributed by atoms with Gasteiger partial charge in [0.2, 0.25) is 5.95 Å². The third-order valence-electron chi connectivity index (χ3n) is 5.11. The molecule has 0 bridgehead atoms. The molecule has 1 saturated heterocycles. The molecule has 0 radical (unpaired) electrons. The highest BCUT2D eigenvalue weighted by atomic mass is 15.3. The van der Waals surface area contributed by atoms with Crippen molar-refractivity contribution < 1.29 is 0 Å². The smallest absolute Gasteiger partial charge is 0.227 e. The van der Waals surface area contributed by atoms with E-state index in [-0.39, 0.29) is 0 Å². The van der Waals surface area contributed by atoms with Crippen molar-refractivity contribution in [2.75, 3.05) is 42.9 Å². The van der Waals surface area contributed by atoms with E-state index in [1.165, 1.54) is 11.1 Å². The summed E-state index contributed by atoms with van der Waals surface area (Å²) in [7, 11) is 0. The van der Waals surface area contributed by atoms with Crippen LogP contribution in [-0.2, 0) is 13.0 Å². The lowest BCUT2D eigenvalue weighted by Gasteiger charge is -2.34. The summed E-state index contributed by atoms with van der Waals surface area (Å²) in [4.78, 5) is 14.0. The van der Waals surface area contributed by atoms with Crippen LogP contribution in [0.3, 0.4) is 0 Å². The average molecular weight is 374 g/mol. The molecule has 1 fully saturated rings. The summed E-state index contributed by atoms with van der Waals surface area (Å²) >= 11 is 0. The Kier molecular flexibility index (Phi) is 6.15. The fraction of sp³-hybridized carbons (Fsp3) is 0.304. The van der Waals surface area contributed by atoms with Crippen molar-refractivity contribution >= 4 is 11.8 Å². The van der Waals surface area contributed by atoms with Gasteiger partial charge in [-0.25, -0.2) is 4.98 Å². The minimum absolute atomic E-state index is 0.823. The molecule has 0 saturated carbocycles. The van der Waals surface area contributed by atoms with E-state index >= 15 is 0 Å². The van der Waals surface area contributed by atoms with E-state index in [1.807, 2.05) is 18.3 Å². The molecule has 0 amide bonds. The molecule has 144 valence electrons. The quantitative estimate of drug-likeness (QED) is 0.687. The average Bonchev–Trinajstić information content (AvgIpc) is 2.76. The monoisotopic (exact) mass is 373 g/mol. The number of rotatable bonds is 7. The number of hydrogen-bond donors (Lipinski definition) is 1. The van der Waals surface area contributed by atoms with Gasteiger partial charge in [0.15, 0.2) is 0 Å². The highest BCUT2D eigenvalue weighted by molar-refractivity contribution is 5.41. The van der Waals surface area contributed by atoms with Gasteiger partial charge >= 0.3 is 0 Å². The normalized spacial score (nSPS) is 14.8. The topological polar surface area (TPSA) is 44.3 Å². The van der Waals surface area contributed by atoms with Gasteiger partial charge in [-0.3, -0.25) is 4.90 Å². The molecular weight excluding hydrogens is 346 g/mol. The predicted molar refractivity (Wildman–Crippen MR) is 115 cm³/mol. The highest BCUT2D eigenvalue weighted by Crippen LogP contribution is 2.15. The molecule has 1 aromatic heterocycles. The van der Waals surface area contributed by atoms with Crippen LogP contribution in [0.1, 0.15) is 11.1 Å². The molecule has 0 spiro atoms. The molecule has 0 atom stereocenters. The molecule has 0 aliphatic carbocycles. The number of nitrogens with zero attached hydrogens (tertiary/aromatic N) is 4. The van der Waals surface area contributed by atoms with Crippen molar-refractivity contribution in [2.45, 2.75) is 13.0 Å². The van der Waals surface area contributed by atoms with Crippen molar-refractivity contribution in [2.24, 2.45) is 0 Å². The Morgan fingerprint density at radius 2 is 1.46 bits per heavy atom. The van der Waals surface area contributed by atoms with Gasteiger partial charge in [0, 0.05) is 45.5 Å². The van der Waals surface area contributed by atoms with Crippen molar-refractivity contribution in [3.8, 4) is 0 Å². The van der Waals surface area contributed by atoms with Crippen LogP contribution in [0.4, 0.5) is 11.8 Å². The van der Waals surface area contributed by atoms with Crippen molar-refractivity contribution in [3.05, 3.63) is 84.1 Å². The first-order chi connectivity index (χ1) is 13.9. The van der Waals surface area contributed by atoms with Crippen LogP contribution in [0.25, 0.3) is 0 Å². The summed E-state index contributed by atoms with van der Waals surface area (Å²) in [5.74, 6) is 1.72. The van der Waals surface area contributed by atoms with Crippen LogP contribution in [0.2, 0.25) is 0 Å². The maximum absolute atomic E-state index is 4.72. The fourth-order valence-corrected chi connectivity index (χ4v) is 3.53. The second kappa shape index (κ2) is 9.33. The molecule has 1 aliphatic rings. The van der Waals surface area contributed by atoms with Crippen LogP contribution in [-0.4, -0.2) is 47.6 Å². The first kappa shape index (κ1) is 18.4. The zero-order chi connectivity index (χ0) is 19.0. The van der Waals surface area contributed by atoms with Crippen molar-refractivity contribution in [3.63, 3.8) is 0 Å². The van der Waals surface area contributed by atoms with Crippen molar-refractivity contribution in [1.29, 1.82) is 0 Å². The Hall–Kier alpha value is -2.92. The van der Waals surface area contributed by atoms with E-state index in [4.69, 9.17) is 4.98 Å². The maximum atomic E-state index is 4.72. The minimum atomic E-state index is 0.823. The van der Waals surface area contributed by atoms with Gasteiger partial charge in [0.1, 0.15) is 5.82 Å². The zero-order valence-electron chi connectivity index (χ0n) is 16.2. The Bertz CT molecular complexity index is 845. The lowest BCUT2D eigenvalue weighted by molar-refractivity contribution is 0.248. The molecule has 2 heterocycles. The van der Waals surface area contributed by atoms with E-state index in [0.717, 1.165) is 57.5 Å². The second-order valence-electron chi connectivity index (χ2n) is 7.15. The fourth-order valence-electron chi connectivity index (χ4n) is 3.53.